The summed E-state index contributed by atoms with van der Waals surface area (Å²) in [5.41, 5.74) is 1.82. The summed E-state index contributed by atoms with van der Waals surface area (Å²) in [5.74, 6) is 0.919. The van der Waals surface area contributed by atoms with Gasteiger partial charge >= 0.3 is 0 Å². The van der Waals surface area contributed by atoms with E-state index in [1.54, 1.807) is 15.9 Å². The molecule has 0 spiro atoms. The van der Waals surface area contributed by atoms with Crippen LogP contribution in [-0.2, 0) is 4.79 Å². The number of hydrogen-bond donors (Lipinski definition) is 0. The van der Waals surface area contributed by atoms with Crippen molar-refractivity contribution in [1.29, 1.82) is 0 Å². The van der Waals surface area contributed by atoms with Gasteiger partial charge in [-0.25, -0.2) is 9.67 Å². The summed E-state index contributed by atoms with van der Waals surface area (Å²) in [6, 6.07) is 7.69. The van der Waals surface area contributed by atoms with Crippen LogP contribution < -0.4 is 4.90 Å². The van der Waals surface area contributed by atoms with E-state index in [0.717, 1.165) is 11.4 Å². The second kappa shape index (κ2) is 5.01. The molecule has 0 N–H and O–H groups in total. The number of rotatable bonds is 3. The summed E-state index contributed by atoms with van der Waals surface area (Å²) in [6.07, 6.45) is 3.66. The summed E-state index contributed by atoms with van der Waals surface area (Å²) >= 11 is 5.82. The Balaban J connectivity index is 1.81. The number of hydrogen-bond acceptors (Lipinski definition) is 3. The Morgan fingerprint density at radius 2 is 2.00 bits per heavy atom. The van der Waals surface area contributed by atoms with Gasteiger partial charge in [0.05, 0.1) is 5.69 Å². The highest BCUT2D eigenvalue weighted by molar-refractivity contribution is 6.18. The van der Waals surface area contributed by atoms with Crippen molar-refractivity contribution in [3.63, 3.8) is 0 Å². The zero-order valence-corrected chi connectivity index (χ0v) is 11.0. The first-order valence-corrected chi connectivity index (χ1v) is 6.63. The van der Waals surface area contributed by atoms with Crippen LogP contribution >= 0.6 is 11.6 Å². The van der Waals surface area contributed by atoms with E-state index in [-0.39, 0.29) is 11.8 Å². The number of halogens is 1. The number of carbonyl (C=O) groups is 1. The zero-order valence-electron chi connectivity index (χ0n) is 10.2. The third kappa shape index (κ3) is 2.33. The first-order chi connectivity index (χ1) is 9.28. The van der Waals surface area contributed by atoms with Gasteiger partial charge in [0, 0.05) is 24.5 Å². The van der Waals surface area contributed by atoms with Crippen molar-refractivity contribution in [3.8, 4) is 5.69 Å². The summed E-state index contributed by atoms with van der Waals surface area (Å²) in [5, 5.41) is 4.06. The van der Waals surface area contributed by atoms with Crippen molar-refractivity contribution in [2.45, 2.75) is 6.42 Å². The molecule has 5 nitrogen and oxygen atoms in total. The highest BCUT2D eigenvalue weighted by Gasteiger charge is 2.29. The summed E-state index contributed by atoms with van der Waals surface area (Å²) in [4.78, 5) is 17.6. The molecule has 1 atom stereocenters. The minimum Gasteiger partial charge on any atom is -0.312 e. The van der Waals surface area contributed by atoms with Crippen LogP contribution in [-0.4, -0.2) is 33.1 Å². The van der Waals surface area contributed by atoms with Crippen molar-refractivity contribution in [2.24, 2.45) is 5.92 Å². The normalized spacial score (nSPS) is 19.1. The number of nitrogens with zero attached hydrogens (tertiary/aromatic N) is 4. The van der Waals surface area contributed by atoms with Crippen molar-refractivity contribution in [1.82, 2.24) is 14.8 Å². The summed E-state index contributed by atoms with van der Waals surface area (Å²) < 4.78 is 1.68. The van der Waals surface area contributed by atoms with E-state index in [1.165, 1.54) is 6.33 Å². The average molecular weight is 277 g/mol. The largest absolute Gasteiger partial charge is 0.312 e. The summed E-state index contributed by atoms with van der Waals surface area (Å²) in [7, 11) is 0. The molecule has 0 aliphatic carbocycles. The lowest BCUT2D eigenvalue weighted by Gasteiger charge is -2.16. The topological polar surface area (TPSA) is 51.0 Å². The van der Waals surface area contributed by atoms with Crippen LogP contribution in [0.3, 0.4) is 0 Å². The quantitative estimate of drug-likeness (QED) is 0.804. The van der Waals surface area contributed by atoms with Crippen LogP contribution in [0.15, 0.2) is 36.9 Å². The fraction of sp³-hybridized carbons (Fsp3) is 0.308. The lowest BCUT2D eigenvalue weighted by molar-refractivity contribution is -0.117. The monoisotopic (exact) mass is 276 g/mol. The molecular formula is C13H13ClN4O. The average Bonchev–Trinajstić information content (AvgIpc) is 3.08. The van der Waals surface area contributed by atoms with E-state index in [4.69, 9.17) is 11.6 Å². The van der Waals surface area contributed by atoms with Crippen LogP contribution in [0.25, 0.3) is 5.69 Å². The number of alkyl halides is 1. The molecular weight excluding hydrogens is 264 g/mol. The van der Waals surface area contributed by atoms with Gasteiger partial charge in [0.2, 0.25) is 5.91 Å². The Labute approximate surface area is 115 Å². The van der Waals surface area contributed by atoms with Gasteiger partial charge in [0.25, 0.3) is 0 Å². The molecule has 19 heavy (non-hydrogen) atoms. The Morgan fingerprint density at radius 3 is 2.58 bits per heavy atom. The number of anilines is 1. The van der Waals surface area contributed by atoms with Crippen LogP contribution in [0, 0.1) is 5.92 Å². The first-order valence-electron chi connectivity index (χ1n) is 6.09. The molecule has 3 rings (SSSR count). The van der Waals surface area contributed by atoms with Crippen molar-refractivity contribution >= 4 is 23.2 Å². The smallest absolute Gasteiger partial charge is 0.227 e. The van der Waals surface area contributed by atoms with E-state index in [2.05, 4.69) is 10.1 Å². The third-order valence-corrected chi connectivity index (χ3v) is 3.70. The Bertz CT molecular complexity index is 567. The molecule has 0 saturated carbocycles. The Hall–Kier alpha value is -1.88. The lowest BCUT2D eigenvalue weighted by atomic mass is 10.1. The minimum atomic E-state index is 0.138. The molecule has 1 aliphatic heterocycles. The van der Waals surface area contributed by atoms with Crippen LogP contribution in [0.5, 0.6) is 0 Å². The van der Waals surface area contributed by atoms with Crippen molar-refractivity contribution in [3.05, 3.63) is 36.9 Å². The third-order valence-electron chi connectivity index (χ3n) is 3.27. The highest BCUT2D eigenvalue weighted by atomic mass is 35.5. The number of carbonyl (C=O) groups excluding carboxylic acids is 1. The van der Waals surface area contributed by atoms with E-state index in [9.17, 15) is 4.79 Å². The Kier molecular flexibility index (Phi) is 3.21. The first kappa shape index (κ1) is 12.2. The molecule has 0 bridgehead atoms. The maximum Gasteiger partial charge on any atom is 0.227 e. The van der Waals surface area contributed by atoms with Crippen molar-refractivity contribution in [2.75, 3.05) is 17.3 Å². The Morgan fingerprint density at radius 1 is 1.26 bits per heavy atom. The number of benzene rings is 1. The molecule has 2 aromatic rings. The molecule has 1 aliphatic rings. The molecule has 1 aromatic carbocycles. The van der Waals surface area contributed by atoms with Gasteiger partial charge in [-0.1, -0.05) is 0 Å². The standard InChI is InChI=1S/C13H13ClN4O/c14-6-10-5-13(19)17(7-10)11-1-3-12(4-2-11)18-9-15-8-16-18/h1-4,8-10H,5-7H2. The van der Waals surface area contributed by atoms with Gasteiger partial charge in [-0.3, -0.25) is 4.79 Å². The molecule has 2 heterocycles. The fourth-order valence-corrected chi connectivity index (χ4v) is 2.47. The van der Waals surface area contributed by atoms with Gasteiger partial charge in [0.1, 0.15) is 12.7 Å². The molecule has 1 unspecified atom stereocenters. The fourth-order valence-electron chi connectivity index (χ4n) is 2.26. The van der Waals surface area contributed by atoms with Crippen LogP contribution in [0.1, 0.15) is 6.42 Å². The van der Waals surface area contributed by atoms with Crippen LogP contribution in [0.4, 0.5) is 5.69 Å². The second-order valence-electron chi connectivity index (χ2n) is 4.59. The van der Waals surface area contributed by atoms with Crippen molar-refractivity contribution < 1.29 is 4.79 Å². The molecule has 1 amide bonds. The van der Waals surface area contributed by atoms with Gasteiger partial charge in [-0.15, -0.1) is 11.6 Å². The van der Waals surface area contributed by atoms with Gasteiger partial charge in [-0.2, -0.15) is 5.10 Å². The van der Waals surface area contributed by atoms with Gasteiger partial charge < -0.3 is 4.90 Å². The molecule has 0 radical (unpaired) electrons. The summed E-state index contributed by atoms with van der Waals surface area (Å²) in [6.45, 7) is 0.699. The zero-order chi connectivity index (χ0) is 13.2. The molecule has 1 fully saturated rings. The molecule has 98 valence electrons. The maximum absolute atomic E-state index is 11.9. The predicted molar refractivity (Wildman–Crippen MR) is 72.5 cm³/mol. The van der Waals surface area contributed by atoms with Crippen LogP contribution in [0.2, 0.25) is 0 Å². The molecule has 6 heteroatoms. The lowest BCUT2D eigenvalue weighted by Crippen LogP contribution is -2.24. The van der Waals surface area contributed by atoms with Gasteiger partial charge in [0.15, 0.2) is 0 Å². The SMILES string of the molecule is O=C1CC(CCl)CN1c1ccc(-n2cncn2)cc1. The highest BCUT2D eigenvalue weighted by Crippen LogP contribution is 2.26. The van der Waals surface area contributed by atoms with E-state index < -0.39 is 0 Å². The van der Waals surface area contributed by atoms with E-state index in [0.29, 0.717) is 18.8 Å². The van der Waals surface area contributed by atoms with Gasteiger partial charge in [-0.05, 0) is 30.2 Å². The number of aromatic nitrogens is 3. The second-order valence-corrected chi connectivity index (χ2v) is 4.89. The molecule has 1 aromatic heterocycles. The van der Waals surface area contributed by atoms with E-state index in [1.807, 2.05) is 24.3 Å². The van der Waals surface area contributed by atoms with E-state index >= 15 is 0 Å². The predicted octanol–water partition coefficient (Wildman–Crippen LogP) is 1.86. The maximum atomic E-state index is 11.9. The molecule has 1 saturated heterocycles. The minimum absolute atomic E-state index is 0.138. The number of amides is 1.